The van der Waals surface area contributed by atoms with Crippen LogP contribution in [0.5, 0.6) is 0 Å². The number of nitrogens with two attached hydrogens (primary N) is 1. The second-order valence-electron chi connectivity index (χ2n) is 4.06. The molecule has 1 aliphatic heterocycles. The third-order valence-corrected chi connectivity index (χ3v) is 3.54. The topological polar surface area (TPSA) is 121 Å². The van der Waals surface area contributed by atoms with E-state index in [1.807, 2.05) is 0 Å². The molecule has 1 saturated heterocycles. The Morgan fingerprint density at radius 3 is 2.50 bits per heavy atom. The van der Waals surface area contributed by atoms with E-state index in [1.54, 1.807) is 0 Å². The van der Waals surface area contributed by atoms with Gasteiger partial charge in [0.2, 0.25) is 5.91 Å². The minimum Gasteiger partial charge on any atom is -0.397 e. The second-order valence-corrected chi connectivity index (χ2v) is 5.48. The smallest absolute Gasteiger partial charge is 0.294 e. The predicted octanol–water partition coefficient (Wildman–Crippen LogP) is -0.387. The number of carbonyl (C=O) groups excluding carboxylic acids is 1. The average molecular weight is 272 g/mol. The highest BCUT2D eigenvalue weighted by Gasteiger charge is 2.30. The van der Waals surface area contributed by atoms with Gasteiger partial charge in [0, 0.05) is 0 Å². The van der Waals surface area contributed by atoms with E-state index in [0.29, 0.717) is 5.69 Å². The van der Waals surface area contributed by atoms with Gasteiger partial charge in [-0.3, -0.25) is 9.35 Å². The zero-order chi connectivity index (χ0) is 13.5. The largest absolute Gasteiger partial charge is 0.397 e. The van der Waals surface area contributed by atoms with Crippen molar-refractivity contribution >= 4 is 27.4 Å². The third-order valence-electron chi connectivity index (χ3n) is 2.69. The van der Waals surface area contributed by atoms with E-state index >= 15 is 0 Å². The van der Waals surface area contributed by atoms with Crippen LogP contribution in [0.15, 0.2) is 23.1 Å². The highest BCUT2D eigenvalue weighted by Crippen LogP contribution is 2.29. The van der Waals surface area contributed by atoms with Crippen LogP contribution in [0, 0.1) is 0 Å². The molecule has 0 spiro atoms. The molecule has 1 fully saturated rings. The number of anilines is 2. The number of carbonyl (C=O) groups is 1. The lowest BCUT2D eigenvalue weighted by Gasteiger charge is -2.18. The second kappa shape index (κ2) is 4.23. The Hall–Kier alpha value is -1.64. The molecule has 2 rings (SSSR count). The molecule has 7 nitrogen and oxygen atoms in total. The first-order valence-electron chi connectivity index (χ1n) is 5.14. The van der Waals surface area contributed by atoms with Crippen molar-refractivity contribution < 1.29 is 22.9 Å². The van der Waals surface area contributed by atoms with Gasteiger partial charge in [0.1, 0.15) is 0 Å². The fourth-order valence-electron chi connectivity index (χ4n) is 1.86. The Bertz CT molecular complexity index is 598. The SMILES string of the molecule is Nc1cc(S(=O)(=O)O)ccc1N1CC(O)CC1=O. The summed E-state index contributed by atoms with van der Waals surface area (Å²) in [5.74, 6) is -0.284. The summed E-state index contributed by atoms with van der Waals surface area (Å²) in [7, 11) is -4.32. The third kappa shape index (κ3) is 2.30. The minimum absolute atomic E-state index is 0.0134. The molecular formula is C10H12N2O5S. The van der Waals surface area contributed by atoms with Crippen molar-refractivity contribution in [2.45, 2.75) is 17.4 Å². The standard InChI is InChI=1S/C10H12N2O5S/c11-8-4-7(18(15,16)17)1-2-9(8)12-5-6(13)3-10(12)14/h1-2,4,6,13H,3,5,11H2,(H,15,16,17). The summed E-state index contributed by atoms with van der Waals surface area (Å²) in [5, 5.41) is 9.37. The van der Waals surface area contributed by atoms with Gasteiger partial charge in [0.15, 0.2) is 0 Å². The van der Waals surface area contributed by atoms with E-state index in [4.69, 9.17) is 10.3 Å². The van der Waals surface area contributed by atoms with E-state index in [2.05, 4.69) is 0 Å². The van der Waals surface area contributed by atoms with Gasteiger partial charge in [-0.15, -0.1) is 0 Å². The van der Waals surface area contributed by atoms with E-state index in [-0.39, 0.29) is 29.5 Å². The van der Waals surface area contributed by atoms with Crippen LogP contribution in [-0.4, -0.2) is 36.6 Å². The van der Waals surface area contributed by atoms with Crippen LogP contribution < -0.4 is 10.6 Å². The number of aliphatic hydroxyl groups is 1. The van der Waals surface area contributed by atoms with E-state index in [0.717, 1.165) is 12.1 Å². The van der Waals surface area contributed by atoms with Crippen molar-refractivity contribution in [1.82, 2.24) is 0 Å². The molecule has 0 radical (unpaired) electrons. The van der Waals surface area contributed by atoms with Crippen LogP contribution in [0.2, 0.25) is 0 Å². The van der Waals surface area contributed by atoms with Crippen LogP contribution in [0.1, 0.15) is 6.42 Å². The fourth-order valence-corrected chi connectivity index (χ4v) is 2.38. The van der Waals surface area contributed by atoms with Crippen LogP contribution in [-0.2, 0) is 14.9 Å². The Morgan fingerprint density at radius 2 is 2.06 bits per heavy atom. The summed E-state index contributed by atoms with van der Waals surface area (Å²) in [6.07, 6.45) is -0.738. The van der Waals surface area contributed by atoms with Gasteiger partial charge >= 0.3 is 0 Å². The number of hydrogen-bond acceptors (Lipinski definition) is 5. The fraction of sp³-hybridized carbons (Fsp3) is 0.300. The maximum atomic E-state index is 11.6. The average Bonchev–Trinajstić information content (AvgIpc) is 2.56. The molecule has 1 unspecified atom stereocenters. The maximum absolute atomic E-state index is 11.6. The lowest BCUT2D eigenvalue weighted by atomic mass is 10.2. The summed E-state index contributed by atoms with van der Waals surface area (Å²) >= 11 is 0. The Labute approximate surface area is 104 Å². The monoisotopic (exact) mass is 272 g/mol. The highest BCUT2D eigenvalue weighted by atomic mass is 32.2. The molecule has 0 bridgehead atoms. The van der Waals surface area contributed by atoms with Gasteiger partial charge in [-0.1, -0.05) is 0 Å². The van der Waals surface area contributed by atoms with Crippen molar-refractivity contribution in [2.24, 2.45) is 0 Å². The number of β-amino-alcohol motifs (C(OH)–C–C–N with tert-alkyl or cyclic N) is 1. The van der Waals surface area contributed by atoms with Gasteiger partial charge in [-0.2, -0.15) is 8.42 Å². The molecule has 1 atom stereocenters. The Balaban J connectivity index is 2.40. The molecule has 0 saturated carbocycles. The first-order valence-corrected chi connectivity index (χ1v) is 6.58. The summed E-state index contributed by atoms with van der Waals surface area (Å²) < 4.78 is 30.7. The maximum Gasteiger partial charge on any atom is 0.294 e. The zero-order valence-electron chi connectivity index (χ0n) is 9.28. The molecule has 0 aromatic heterocycles. The quantitative estimate of drug-likeness (QED) is 0.498. The predicted molar refractivity (Wildman–Crippen MR) is 63.6 cm³/mol. The van der Waals surface area contributed by atoms with E-state index < -0.39 is 16.2 Å². The van der Waals surface area contributed by atoms with Crippen molar-refractivity contribution in [3.8, 4) is 0 Å². The number of benzene rings is 1. The first-order chi connectivity index (χ1) is 8.29. The van der Waals surface area contributed by atoms with Gasteiger partial charge in [-0.25, -0.2) is 0 Å². The van der Waals surface area contributed by atoms with Crippen molar-refractivity contribution in [2.75, 3.05) is 17.2 Å². The minimum atomic E-state index is -4.32. The van der Waals surface area contributed by atoms with E-state index in [9.17, 15) is 18.3 Å². The Kier molecular flexibility index (Phi) is 3.01. The molecule has 0 aliphatic carbocycles. The highest BCUT2D eigenvalue weighted by molar-refractivity contribution is 7.85. The number of nitrogens with zero attached hydrogens (tertiary/aromatic N) is 1. The molecule has 1 heterocycles. The van der Waals surface area contributed by atoms with Crippen molar-refractivity contribution in [3.05, 3.63) is 18.2 Å². The number of amides is 1. The van der Waals surface area contributed by atoms with Crippen LogP contribution in [0.25, 0.3) is 0 Å². The molecule has 1 aromatic carbocycles. The summed E-state index contributed by atoms with van der Waals surface area (Å²) in [6.45, 7) is 0.119. The zero-order valence-corrected chi connectivity index (χ0v) is 10.1. The normalized spacial score (nSPS) is 20.4. The molecule has 98 valence electrons. The summed E-state index contributed by atoms with van der Waals surface area (Å²) in [5.41, 5.74) is 6.03. The van der Waals surface area contributed by atoms with Crippen LogP contribution >= 0.6 is 0 Å². The number of rotatable bonds is 2. The first kappa shape index (κ1) is 12.8. The summed E-state index contributed by atoms with van der Waals surface area (Å²) in [4.78, 5) is 12.5. The molecule has 1 aromatic rings. The summed E-state index contributed by atoms with van der Waals surface area (Å²) in [6, 6.07) is 3.55. The molecule has 4 N–H and O–H groups in total. The number of aliphatic hydroxyl groups excluding tert-OH is 1. The van der Waals surface area contributed by atoms with Gasteiger partial charge in [0.05, 0.1) is 35.3 Å². The van der Waals surface area contributed by atoms with Gasteiger partial charge < -0.3 is 15.7 Å². The lowest BCUT2D eigenvalue weighted by molar-refractivity contribution is -0.117. The van der Waals surface area contributed by atoms with Crippen molar-refractivity contribution in [3.63, 3.8) is 0 Å². The Morgan fingerprint density at radius 1 is 1.39 bits per heavy atom. The van der Waals surface area contributed by atoms with Gasteiger partial charge in [-0.05, 0) is 18.2 Å². The molecule has 18 heavy (non-hydrogen) atoms. The molecular weight excluding hydrogens is 260 g/mol. The van der Waals surface area contributed by atoms with Gasteiger partial charge in [0.25, 0.3) is 10.1 Å². The molecule has 1 aliphatic rings. The van der Waals surface area contributed by atoms with Crippen molar-refractivity contribution in [1.29, 1.82) is 0 Å². The van der Waals surface area contributed by atoms with E-state index in [1.165, 1.54) is 11.0 Å². The number of nitrogen functional groups attached to an aromatic ring is 1. The molecule has 1 amide bonds. The van der Waals surface area contributed by atoms with Crippen LogP contribution in [0.4, 0.5) is 11.4 Å². The molecule has 8 heteroatoms. The number of hydrogen-bond donors (Lipinski definition) is 3. The van der Waals surface area contributed by atoms with Crippen LogP contribution in [0.3, 0.4) is 0 Å². The lowest BCUT2D eigenvalue weighted by Crippen LogP contribution is -2.26.